The zero-order chi connectivity index (χ0) is 25.7. The van der Waals surface area contributed by atoms with Gasteiger partial charge in [0.05, 0.1) is 24.6 Å². The minimum Gasteiger partial charge on any atom is -0.395 e. The van der Waals surface area contributed by atoms with Gasteiger partial charge < -0.3 is 24.4 Å². The van der Waals surface area contributed by atoms with E-state index in [0.29, 0.717) is 17.8 Å². The van der Waals surface area contributed by atoms with Crippen molar-refractivity contribution in [1.29, 1.82) is 0 Å². The van der Waals surface area contributed by atoms with Crippen LogP contribution < -0.4 is 14.5 Å². The standard InChI is InChI=1S/C28H37N7O2S/c36-14-16-38-31-22-5-6-25-26-20-35(32-30-26)23-7-10-29-28(18-23)34-11-1-3-21(19-34)4-2-15-37-24-8-12-33(13-9-24)27(25)17-22/h5-7,10,17-18,20-21,24,31,36H,1-4,8-9,11-16,19H2. The average molecular weight is 536 g/mol. The van der Waals surface area contributed by atoms with E-state index >= 15 is 0 Å². The molecule has 0 amide bonds. The molecule has 0 saturated carbocycles. The van der Waals surface area contributed by atoms with Gasteiger partial charge >= 0.3 is 0 Å². The highest BCUT2D eigenvalue weighted by atomic mass is 32.2. The first-order valence-electron chi connectivity index (χ1n) is 13.9. The van der Waals surface area contributed by atoms with Gasteiger partial charge in [-0.3, -0.25) is 0 Å². The van der Waals surface area contributed by atoms with Crippen LogP contribution in [0.5, 0.6) is 0 Å². The number of hydrogen-bond donors (Lipinski definition) is 2. The molecular formula is C28H37N7O2S. The zero-order valence-electron chi connectivity index (χ0n) is 21.8. The van der Waals surface area contributed by atoms with Crippen molar-refractivity contribution in [1.82, 2.24) is 20.0 Å². The van der Waals surface area contributed by atoms with Crippen molar-refractivity contribution in [2.45, 2.75) is 44.6 Å². The minimum atomic E-state index is 0.147. The van der Waals surface area contributed by atoms with Crippen LogP contribution in [0.4, 0.5) is 17.2 Å². The molecule has 0 aliphatic carbocycles. The number of rotatable bonds is 4. The van der Waals surface area contributed by atoms with Crippen LogP contribution in [0.25, 0.3) is 16.9 Å². The van der Waals surface area contributed by atoms with Crippen LogP contribution in [0, 0.1) is 5.92 Å². The van der Waals surface area contributed by atoms with E-state index in [1.54, 1.807) is 0 Å². The third kappa shape index (κ3) is 5.77. The Labute approximate surface area is 228 Å². The highest BCUT2D eigenvalue weighted by Crippen LogP contribution is 2.35. The topological polar surface area (TPSA) is 91.6 Å². The predicted octanol–water partition coefficient (Wildman–Crippen LogP) is 4.38. The van der Waals surface area contributed by atoms with Gasteiger partial charge in [-0.15, -0.1) is 5.10 Å². The fourth-order valence-corrected chi connectivity index (χ4v) is 6.37. The number of hydrogen-bond acceptors (Lipinski definition) is 9. The molecule has 2 aromatic heterocycles. The smallest absolute Gasteiger partial charge is 0.130 e. The molecule has 4 aliphatic rings. The molecule has 3 aromatic rings. The van der Waals surface area contributed by atoms with E-state index in [1.807, 2.05) is 23.1 Å². The molecular weight excluding hydrogens is 498 g/mol. The normalized spacial score (nSPS) is 21.8. The van der Waals surface area contributed by atoms with Gasteiger partial charge in [0.15, 0.2) is 0 Å². The van der Waals surface area contributed by atoms with Gasteiger partial charge in [-0.2, -0.15) is 0 Å². The number of piperidine rings is 2. The second-order valence-electron chi connectivity index (χ2n) is 10.5. The maximum absolute atomic E-state index is 9.17. The number of aromatic nitrogens is 4. The number of anilines is 3. The molecule has 2 N–H and O–H groups in total. The molecule has 1 aromatic carbocycles. The fraction of sp³-hybridized carbons (Fsp3) is 0.536. The van der Waals surface area contributed by atoms with Crippen molar-refractivity contribution >= 4 is 29.1 Å². The van der Waals surface area contributed by atoms with E-state index in [9.17, 15) is 0 Å². The molecule has 7 rings (SSSR count). The third-order valence-electron chi connectivity index (χ3n) is 7.88. The van der Waals surface area contributed by atoms with Gasteiger partial charge in [-0.05, 0) is 68.7 Å². The summed E-state index contributed by atoms with van der Waals surface area (Å²) in [5.41, 5.74) is 5.06. The van der Waals surface area contributed by atoms with Crippen LogP contribution >= 0.6 is 11.9 Å². The molecule has 1 atom stereocenters. The minimum absolute atomic E-state index is 0.147. The Bertz CT molecular complexity index is 1210. The molecule has 0 spiro atoms. The third-order valence-corrected chi connectivity index (χ3v) is 8.65. The Kier molecular flexibility index (Phi) is 7.99. The molecule has 202 valence electrons. The summed E-state index contributed by atoms with van der Waals surface area (Å²) >= 11 is 1.51. The number of ether oxygens (including phenoxy) is 1. The van der Waals surface area contributed by atoms with Crippen LogP contribution in [0.15, 0.2) is 42.7 Å². The van der Waals surface area contributed by atoms with E-state index < -0.39 is 0 Å². The van der Waals surface area contributed by atoms with E-state index in [4.69, 9.17) is 14.8 Å². The molecule has 8 bridgehead atoms. The monoisotopic (exact) mass is 535 g/mol. The van der Waals surface area contributed by atoms with Gasteiger partial charge in [-0.25, -0.2) is 9.67 Å². The molecule has 9 nitrogen and oxygen atoms in total. The summed E-state index contributed by atoms with van der Waals surface area (Å²) in [4.78, 5) is 9.59. The first-order valence-corrected chi connectivity index (χ1v) is 14.9. The number of nitrogens with zero attached hydrogens (tertiary/aromatic N) is 6. The van der Waals surface area contributed by atoms with Crippen molar-refractivity contribution in [3.05, 3.63) is 42.7 Å². The van der Waals surface area contributed by atoms with Gasteiger partial charge in [0, 0.05) is 67.7 Å². The zero-order valence-corrected chi connectivity index (χ0v) is 22.7. The summed E-state index contributed by atoms with van der Waals surface area (Å²) in [7, 11) is 0. The van der Waals surface area contributed by atoms with Gasteiger partial charge in [0.25, 0.3) is 0 Å². The van der Waals surface area contributed by atoms with Gasteiger partial charge in [0.1, 0.15) is 11.5 Å². The largest absolute Gasteiger partial charge is 0.395 e. The second kappa shape index (κ2) is 11.9. The summed E-state index contributed by atoms with van der Waals surface area (Å²) < 4.78 is 11.6. The van der Waals surface area contributed by atoms with Gasteiger partial charge in [-0.1, -0.05) is 17.2 Å². The van der Waals surface area contributed by atoms with Crippen LogP contribution in [0.2, 0.25) is 0 Å². The first-order chi connectivity index (χ1) is 18.8. The highest BCUT2D eigenvalue weighted by molar-refractivity contribution is 8.00. The van der Waals surface area contributed by atoms with Crippen molar-refractivity contribution in [2.75, 3.05) is 59.7 Å². The lowest BCUT2D eigenvalue weighted by Crippen LogP contribution is -2.37. The fourth-order valence-electron chi connectivity index (χ4n) is 5.88. The van der Waals surface area contributed by atoms with Crippen molar-refractivity contribution in [3.8, 4) is 16.9 Å². The summed E-state index contributed by atoms with van der Waals surface area (Å²) in [6.07, 6.45) is 11.1. The molecule has 38 heavy (non-hydrogen) atoms. The maximum atomic E-state index is 9.17. The average Bonchev–Trinajstić information content (AvgIpc) is 3.46. The Morgan fingerprint density at radius 1 is 1.03 bits per heavy atom. The summed E-state index contributed by atoms with van der Waals surface area (Å²) in [6, 6.07) is 10.5. The van der Waals surface area contributed by atoms with Crippen LogP contribution in [-0.2, 0) is 4.74 Å². The molecule has 6 heterocycles. The number of nitrogens with one attached hydrogen (secondary N) is 1. The highest BCUT2D eigenvalue weighted by Gasteiger charge is 2.25. The van der Waals surface area contributed by atoms with Crippen molar-refractivity contribution in [3.63, 3.8) is 0 Å². The SMILES string of the molecule is OCCSNc1ccc2c(c1)N1CCC(CC1)OCCCC1CCCN(C1)c1cc(ccn1)-n1cc-2nn1. The Hall–Kier alpha value is -2.82. The van der Waals surface area contributed by atoms with E-state index in [2.05, 4.69) is 49.1 Å². The summed E-state index contributed by atoms with van der Waals surface area (Å²) in [5, 5.41) is 18.3. The number of pyridine rings is 1. The summed E-state index contributed by atoms with van der Waals surface area (Å²) in [5.74, 6) is 2.34. The van der Waals surface area contributed by atoms with Crippen molar-refractivity contribution in [2.24, 2.45) is 5.92 Å². The molecule has 10 heteroatoms. The molecule has 2 fully saturated rings. The Morgan fingerprint density at radius 3 is 2.82 bits per heavy atom. The van der Waals surface area contributed by atoms with Crippen molar-refractivity contribution < 1.29 is 9.84 Å². The maximum Gasteiger partial charge on any atom is 0.130 e. The number of aliphatic hydroxyl groups excluding tert-OH is 1. The van der Waals surface area contributed by atoms with E-state index in [1.165, 1.54) is 31.2 Å². The molecule has 1 unspecified atom stereocenters. The lowest BCUT2D eigenvalue weighted by Gasteiger charge is -2.35. The van der Waals surface area contributed by atoms with Gasteiger partial charge in [0.2, 0.25) is 0 Å². The Morgan fingerprint density at radius 2 is 1.92 bits per heavy atom. The summed E-state index contributed by atoms with van der Waals surface area (Å²) in [6.45, 7) is 5.00. The lowest BCUT2D eigenvalue weighted by molar-refractivity contribution is 0.0330. The molecule has 2 saturated heterocycles. The molecule has 0 radical (unpaired) electrons. The lowest BCUT2D eigenvalue weighted by atomic mass is 9.93. The number of benzene rings is 1. The van der Waals surface area contributed by atoms with E-state index in [-0.39, 0.29) is 6.61 Å². The second-order valence-corrected chi connectivity index (χ2v) is 11.4. The van der Waals surface area contributed by atoms with E-state index in [0.717, 1.165) is 86.2 Å². The van der Waals surface area contributed by atoms with Crippen LogP contribution in [0.1, 0.15) is 38.5 Å². The first kappa shape index (κ1) is 25.5. The van der Waals surface area contributed by atoms with Crippen LogP contribution in [0.3, 0.4) is 0 Å². The number of aliphatic hydroxyl groups is 1. The quantitative estimate of drug-likeness (QED) is 0.373. The predicted molar refractivity (Wildman–Crippen MR) is 153 cm³/mol. The molecule has 4 aliphatic heterocycles. The Balaban J connectivity index is 1.34. The van der Waals surface area contributed by atoms with Crippen LogP contribution in [-0.4, -0.2) is 76.3 Å². The number of fused-ring (bicyclic) bond motifs is 5.